The second-order valence-corrected chi connectivity index (χ2v) is 6.45. The van der Waals surface area contributed by atoms with Gasteiger partial charge in [-0.3, -0.25) is 9.59 Å². The first-order valence-corrected chi connectivity index (χ1v) is 8.40. The van der Waals surface area contributed by atoms with Crippen LogP contribution in [0.15, 0.2) is 10.2 Å². The van der Waals surface area contributed by atoms with Crippen LogP contribution in [0.3, 0.4) is 0 Å². The first-order chi connectivity index (χ1) is 10.7. The minimum absolute atomic E-state index is 0.0772. The highest BCUT2D eigenvalue weighted by atomic mass is 16.2. The molecule has 0 unspecified atom stereocenters. The van der Waals surface area contributed by atoms with E-state index in [4.69, 9.17) is 0 Å². The molecule has 0 fully saturated rings. The van der Waals surface area contributed by atoms with Crippen LogP contribution in [0.2, 0.25) is 0 Å². The lowest BCUT2D eigenvalue weighted by atomic mass is 10.1. The van der Waals surface area contributed by atoms with E-state index in [1.807, 2.05) is 41.5 Å². The largest absolute Gasteiger partial charge is 0.273 e. The van der Waals surface area contributed by atoms with E-state index in [1.165, 1.54) is 0 Å². The SMILES string of the molecule is C/C(=N\NC(=O)CCCCCC(=O)N/N=C(\C)C(C)C)C(C)C. The number of hydrazone groups is 2. The molecule has 0 rings (SSSR count). The number of amides is 2. The maximum atomic E-state index is 11.6. The minimum Gasteiger partial charge on any atom is -0.273 e. The van der Waals surface area contributed by atoms with Gasteiger partial charge in [0.1, 0.15) is 0 Å². The molecule has 23 heavy (non-hydrogen) atoms. The molecule has 0 heterocycles. The van der Waals surface area contributed by atoms with Crippen molar-refractivity contribution in [3.05, 3.63) is 0 Å². The summed E-state index contributed by atoms with van der Waals surface area (Å²) < 4.78 is 0. The topological polar surface area (TPSA) is 82.9 Å². The summed E-state index contributed by atoms with van der Waals surface area (Å²) in [5.41, 5.74) is 6.94. The zero-order chi connectivity index (χ0) is 17.8. The Morgan fingerprint density at radius 1 is 0.739 bits per heavy atom. The van der Waals surface area contributed by atoms with Gasteiger partial charge in [0.2, 0.25) is 11.8 Å². The van der Waals surface area contributed by atoms with E-state index in [1.54, 1.807) is 0 Å². The van der Waals surface area contributed by atoms with Crippen molar-refractivity contribution in [3.63, 3.8) is 0 Å². The van der Waals surface area contributed by atoms with E-state index in [9.17, 15) is 9.59 Å². The molecule has 0 aromatic carbocycles. The number of rotatable bonds is 10. The number of hydrogen-bond donors (Lipinski definition) is 2. The summed E-state index contributed by atoms with van der Waals surface area (Å²) in [6, 6.07) is 0. The number of nitrogens with one attached hydrogen (secondary N) is 2. The first-order valence-electron chi connectivity index (χ1n) is 8.40. The second kappa shape index (κ2) is 11.8. The molecular weight excluding hydrogens is 292 g/mol. The summed E-state index contributed by atoms with van der Waals surface area (Å²) >= 11 is 0. The lowest BCUT2D eigenvalue weighted by molar-refractivity contribution is -0.121. The maximum absolute atomic E-state index is 11.6. The molecule has 6 nitrogen and oxygen atoms in total. The summed E-state index contributed by atoms with van der Waals surface area (Å²) in [6.45, 7) is 11.9. The van der Waals surface area contributed by atoms with Crippen molar-refractivity contribution < 1.29 is 9.59 Å². The van der Waals surface area contributed by atoms with Crippen molar-refractivity contribution in [1.29, 1.82) is 0 Å². The number of nitrogens with zero attached hydrogens (tertiary/aromatic N) is 2. The van der Waals surface area contributed by atoms with Crippen molar-refractivity contribution in [2.45, 2.75) is 73.6 Å². The molecule has 0 spiro atoms. The highest BCUT2D eigenvalue weighted by molar-refractivity contribution is 5.86. The van der Waals surface area contributed by atoms with E-state index in [0.29, 0.717) is 24.7 Å². The summed E-state index contributed by atoms with van der Waals surface area (Å²) in [7, 11) is 0. The molecule has 0 atom stereocenters. The third kappa shape index (κ3) is 11.5. The Morgan fingerprint density at radius 2 is 1.09 bits per heavy atom. The van der Waals surface area contributed by atoms with E-state index in [0.717, 1.165) is 30.7 Å². The molecule has 6 heteroatoms. The van der Waals surface area contributed by atoms with E-state index < -0.39 is 0 Å². The minimum atomic E-state index is -0.0772. The fourth-order valence-corrected chi connectivity index (χ4v) is 1.42. The zero-order valence-electron chi connectivity index (χ0n) is 15.4. The van der Waals surface area contributed by atoms with Gasteiger partial charge in [-0.15, -0.1) is 0 Å². The van der Waals surface area contributed by atoms with Gasteiger partial charge < -0.3 is 0 Å². The zero-order valence-corrected chi connectivity index (χ0v) is 15.4. The van der Waals surface area contributed by atoms with Crippen LogP contribution >= 0.6 is 0 Å². The average molecular weight is 324 g/mol. The fraction of sp³-hybridized carbons (Fsp3) is 0.765. The predicted molar refractivity (Wildman–Crippen MR) is 95.3 cm³/mol. The van der Waals surface area contributed by atoms with Gasteiger partial charge in [0.05, 0.1) is 0 Å². The standard InChI is InChI=1S/C17H32N4O2/c1-12(2)14(5)18-20-16(22)10-8-7-9-11-17(23)21-19-15(6)13(3)4/h12-13H,7-11H2,1-6H3,(H,20,22)(H,21,23)/b18-14+,19-15+. The highest BCUT2D eigenvalue weighted by Crippen LogP contribution is 2.03. The third-order valence-corrected chi connectivity index (χ3v) is 3.69. The van der Waals surface area contributed by atoms with Crippen LogP contribution in [-0.4, -0.2) is 23.2 Å². The Labute approximate surface area is 140 Å². The van der Waals surface area contributed by atoms with Gasteiger partial charge in [0, 0.05) is 24.3 Å². The molecule has 0 saturated carbocycles. The van der Waals surface area contributed by atoms with Crippen LogP contribution in [-0.2, 0) is 9.59 Å². The van der Waals surface area contributed by atoms with Crippen LogP contribution < -0.4 is 10.9 Å². The molecule has 0 aliphatic rings. The molecule has 0 aromatic heterocycles. The fourth-order valence-electron chi connectivity index (χ4n) is 1.42. The van der Waals surface area contributed by atoms with Gasteiger partial charge >= 0.3 is 0 Å². The van der Waals surface area contributed by atoms with E-state index in [-0.39, 0.29) is 11.8 Å². The Kier molecular flexibility index (Phi) is 10.9. The van der Waals surface area contributed by atoms with Crippen LogP contribution in [0.5, 0.6) is 0 Å². The number of carbonyl (C=O) groups is 2. The van der Waals surface area contributed by atoms with Crippen molar-refractivity contribution in [1.82, 2.24) is 10.9 Å². The maximum Gasteiger partial charge on any atom is 0.240 e. The van der Waals surface area contributed by atoms with Gasteiger partial charge in [-0.25, -0.2) is 10.9 Å². The molecule has 0 aromatic rings. The normalized spacial score (nSPS) is 12.7. The molecule has 2 N–H and O–H groups in total. The Bertz CT molecular complexity index is 400. The summed E-state index contributed by atoms with van der Waals surface area (Å²) in [6.07, 6.45) is 3.20. The number of unbranched alkanes of at least 4 members (excludes halogenated alkanes) is 2. The summed E-state index contributed by atoms with van der Waals surface area (Å²) in [5, 5.41) is 8.09. The van der Waals surface area contributed by atoms with Crippen LogP contribution in [0.25, 0.3) is 0 Å². The second-order valence-electron chi connectivity index (χ2n) is 6.45. The Balaban J connectivity index is 3.77. The van der Waals surface area contributed by atoms with Crippen molar-refractivity contribution in [2.75, 3.05) is 0 Å². The van der Waals surface area contributed by atoms with E-state index >= 15 is 0 Å². The van der Waals surface area contributed by atoms with Crippen molar-refractivity contribution in [3.8, 4) is 0 Å². The Hall–Kier alpha value is -1.72. The third-order valence-electron chi connectivity index (χ3n) is 3.69. The molecule has 0 saturated heterocycles. The van der Waals surface area contributed by atoms with Gasteiger partial charge in [0.15, 0.2) is 0 Å². The molecule has 0 radical (unpaired) electrons. The van der Waals surface area contributed by atoms with Gasteiger partial charge in [-0.1, -0.05) is 34.1 Å². The van der Waals surface area contributed by atoms with Crippen LogP contribution in [0.1, 0.15) is 73.6 Å². The first kappa shape index (κ1) is 21.3. The molecular formula is C17H32N4O2. The monoisotopic (exact) mass is 324 g/mol. The summed E-state index contributed by atoms with van der Waals surface area (Å²) in [4.78, 5) is 23.2. The lowest BCUT2D eigenvalue weighted by Gasteiger charge is -2.06. The van der Waals surface area contributed by atoms with E-state index in [2.05, 4.69) is 21.1 Å². The quantitative estimate of drug-likeness (QED) is 0.367. The van der Waals surface area contributed by atoms with Crippen LogP contribution in [0.4, 0.5) is 0 Å². The average Bonchev–Trinajstić information content (AvgIpc) is 2.49. The van der Waals surface area contributed by atoms with Crippen LogP contribution in [0, 0.1) is 11.8 Å². The molecule has 0 aliphatic carbocycles. The van der Waals surface area contributed by atoms with Crippen molar-refractivity contribution >= 4 is 23.2 Å². The van der Waals surface area contributed by atoms with Gasteiger partial charge in [-0.05, 0) is 38.5 Å². The lowest BCUT2D eigenvalue weighted by Crippen LogP contribution is -2.20. The van der Waals surface area contributed by atoms with Gasteiger partial charge in [0.25, 0.3) is 0 Å². The smallest absolute Gasteiger partial charge is 0.240 e. The van der Waals surface area contributed by atoms with Gasteiger partial charge in [-0.2, -0.15) is 10.2 Å². The molecule has 132 valence electrons. The van der Waals surface area contributed by atoms with Crippen molar-refractivity contribution in [2.24, 2.45) is 22.0 Å². The number of hydrogen-bond acceptors (Lipinski definition) is 4. The summed E-state index contributed by atoms with van der Waals surface area (Å²) in [5.74, 6) is 0.504. The molecule has 0 bridgehead atoms. The molecule has 0 aliphatic heterocycles. The molecule has 2 amide bonds. The number of carbonyl (C=O) groups excluding carboxylic acids is 2. The highest BCUT2D eigenvalue weighted by Gasteiger charge is 2.04. The predicted octanol–water partition coefficient (Wildman–Crippen LogP) is 3.23. The Morgan fingerprint density at radius 3 is 1.39 bits per heavy atom.